The number of non-ortho nitro benzene ring substituents is 1. The smallest absolute Gasteiger partial charge is 0.304 e. The van der Waals surface area contributed by atoms with Crippen LogP contribution in [-0.4, -0.2) is 40.5 Å². The third-order valence-electron chi connectivity index (χ3n) is 2.92. The normalized spacial score (nSPS) is 11.7. The quantitative estimate of drug-likeness (QED) is 0.570. The number of aliphatic carboxylic acids is 1. The van der Waals surface area contributed by atoms with E-state index in [9.17, 15) is 23.3 Å². The van der Waals surface area contributed by atoms with Crippen LogP contribution in [-0.2, 0) is 21.9 Å². The van der Waals surface area contributed by atoms with E-state index in [2.05, 4.69) is 9.71 Å². The van der Waals surface area contributed by atoms with Crippen molar-refractivity contribution in [2.45, 2.75) is 11.6 Å². The maximum atomic E-state index is 12.1. The molecule has 2 N–H and O–H groups in total. The highest BCUT2D eigenvalue weighted by Crippen LogP contribution is 2.26. The van der Waals surface area contributed by atoms with Gasteiger partial charge in [0.1, 0.15) is 0 Å². The van der Waals surface area contributed by atoms with Crippen LogP contribution in [0.3, 0.4) is 0 Å². The molecule has 0 aliphatic rings. The Morgan fingerprint density at radius 1 is 1.50 bits per heavy atom. The van der Waals surface area contributed by atoms with Gasteiger partial charge in [-0.15, -0.1) is 0 Å². The molecule has 11 heteroatoms. The van der Waals surface area contributed by atoms with Gasteiger partial charge in [-0.1, -0.05) is 6.07 Å². The summed E-state index contributed by atoms with van der Waals surface area (Å²) in [5.41, 5.74) is -0.0681. The van der Waals surface area contributed by atoms with Gasteiger partial charge in [0.05, 0.1) is 16.9 Å². The van der Waals surface area contributed by atoms with Crippen molar-refractivity contribution in [2.24, 2.45) is 7.05 Å². The highest BCUT2D eigenvalue weighted by molar-refractivity contribution is 7.89. The zero-order chi connectivity index (χ0) is 16.5. The lowest BCUT2D eigenvalue weighted by atomic mass is 10.3. The standard InChI is InChI=1S/C11H12N4O6S/c1-14-7-3-2-4-8(15(18)19)10(7)13-11(14)22(20,21)12-6-5-9(16)17/h2-4,12H,5-6H2,1H3,(H,16,17). The first-order valence-electron chi connectivity index (χ1n) is 6.05. The Hall–Kier alpha value is -2.53. The Morgan fingerprint density at radius 2 is 2.18 bits per heavy atom. The Morgan fingerprint density at radius 3 is 2.77 bits per heavy atom. The number of carboxylic acids is 1. The van der Waals surface area contributed by atoms with Gasteiger partial charge < -0.3 is 9.67 Å². The fourth-order valence-electron chi connectivity index (χ4n) is 1.92. The molecule has 10 nitrogen and oxygen atoms in total. The number of nitro benzene ring substituents is 1. The van der Waals surface area contributed by atoms with E-state index >= 15 is 0 Å². The number of sulfonamides is 1. The van der Waals surface area contributed by atoms with Crippen molar-refractivity contribution < 1.29 is 23.2 Å². The molecular weight excluding hydrogens is 316 g/mol. The van der Waals surface area contributed by atoms with Crippen molar-refractivity contribution in [3.63, 3.8) is 0 Å². The minimum absolute atomic E-state index is 0.0476. The second-order valence-corrected chi connectivity index (χ2v) is 6.06. The molecule has 0 saturated heterocycles. The van der Waals surface area contributed by atoms with Gasteiger partial charge in [0.25, 0.3) is 15.7 Å². The largest absolute Gasteiger partial charge is 0.481 e. The van der Waals surface area contributed by atoms with Crippen LogP contribution < -0.4 is 4.72 Å². The number of hydrogen-bond donors (Lipinski definition) is 2. The minimum atomic E-state index is -4.08. The van der Waals surface area contributed by atoms with Crippen LogP contribution in [0.25, 0.3) is 11.0 Å². The van der Waals surface area contributed by atoms with Crippen molar-refractivity contribution in [3.05, 3.63) is 28.3 Å². The number of para-hydroxylation sites is 1. The molecule has 1 heterocycles. The molecule has 0 aliphatic carbocycles. The predicted molar refractivity (Wildman–Crippen MR) is 74.8 cm³/mol. The summed E-state index contributed by atoms with van der Waals surface area (Å²) >= 11 is 0. The number of fused-ring (bicyclic) bond motifs is 1. The summed E-state index contributed by atoms with van der Waals surface area (Å²) in [5, 5.41) is 19.1. The van der Waals surface area contributed by atoms with Gasteiger partial charge in [-0.3, -0.25) is 14.9 Å². The van der Waals surface area contributed by atoms with Gasteiger partial charge in [0, 0.05) is 19.7 Å². The number of rotatable bonds is 6. The van der Waals surface area contributed by atoms with Gasteiger partial charge >= 0.3 is 5.97 Å². The van der Waals surface area contributed by atoms with Gasteiger partial charge in [-0.05, 0) is 6.07 Å². The van der Waals surface area contributed by atoms with Gasteiger partial charge in [-0.2, -0.15) is 0 Å². The Bertz CT molecular complexity index is 857. The van der Waals surface area contributed by atoms with Crippen LogP contribution >= 0.6 is 0 Å². The lowest BCUT2D eigenvalue weighted by Gasteiger charge is -2.05. The number of nitrogens with one attached hydrogen (secondary N) is 1. The summed E-state index contributed by atoms with van der Waals surface area (Å²) in [4.78, 5) is 24.6. The summed E-state index contributed by atoms with van der Waals surface area (Å²) in [6, 6.07) is 4.16. The van der Waals surface area contributed by atoms with Crippen LogP contribution in [0.1, 0.15) is 6.42 Å². The van der Waals surface area contributed by atoms with E-state index in [-0.39, 0.29) is 29.7 Å². The monoisotopic (exact) mass is 328 g/mol. The van der Waals surface area contributed by atoms with Crippen molar-refractivity contribution in [3.8, 4) is 0 Å². The second-order valence-electron chi connectivity index (χ2n) is 4.40. The number of aromatic nitrogens is 2. The van der Waals surface area contributed by atoms with Crippen LogP contribution in [0.5, 0.6) is 0 Å². The summed E-state index contributed by atoms with van der Waals surface area (Å²) in [6.07, 6.45) is -0.386. The SMILES string of the molecule is Cn1c(S(=O)(=O)NCCC(=O)O)nc2c([N+](=O)[O-])cccc21. The number of benzene rings is 1. The highest BCUT2D eigenvalue weighted by atomic mass is 32.2. The maximum Gasteiger partial charge on any atom is 0.304 e. The van der Waals surface area contributed by atoms with Crippen LogP contribution in [0, 0.1) is 10.1 Å². The summed E-state index contributed by atoms with van der Waals surface area (Å²) in [6.45, 7) is -0.303. The molecule has 1 aromatic heterocycles. The van der Waals surface area contributed by atoms with Crippen molar-refractivity contribution in [1.82, 2.24) is 14.3 Å². The zero-order valence-corrected chi connectivity index (χ0v) is 12.2. The van der Waals surface area contributed by atoms with Crippen LogP contribution in [0.2, 0.25) is 0 Å². The number of carbonyl (C=O) groups is 1. The van der Waals surface area contributed by atoms with E-state index in [0.29, 0.717) is 0 Å². The van der Waals surface area contributed by atoms with Crippen LogP contribution in [0.15, 0.2) is 23.4 Å². The lowest BCUT2D eigenvalue weighted by molar-refractivity contribution is -0.383. The number of aryl methyl sites for hydroxylation is 1. The van der Waals surface area contributed by atoms with Crippen molar-refractivity contribution >= 4 is 32.7 Å². The lowest BCUT2D eigenvalue weighted by Crippen LogP contribution is -2.28. The fraction of sp³-hybridized carbons (Fsp3) is 0.273. The van der Waals surface area contributed by atoms with E-state index in [1.54, 1.807) is 0 Å². The Balaban J connectivity index is 2.48. The maximum absolute atomic E-state index is 12.1. The molecule has 1 aromatic carbocycles. The van der Waals surface area contributed by atoms with Gasteiger partial charge in [0.15, 0.2) is 5.52 Å². The number of nitrogens with zero attached hydrogens (tertiary/aromatic N) is 3. The van der Waals surface area contributed by atoms with Crippen LogP contribution in [0.4, 0.5) is 5.69 Å². The van der Waals surface area contributed by atoms with Crippen molar-refractivity contribution in [2.75, 3.05) is 6.54 Å². The topological polar surface area (TPSA) is 144 Å². The number of hydrogen-bond acceptors (Lipinski definition) is 6. The summed E-state index contributed by atoms with van der Waals surface area (Å²) in [7, 11) is -2.67. The molecule has 0 saturated carbocycles. The minimum Gasteiger partial charge on any atom is -0.481 e. The van der Waals surface area contributed by atoms with E-state index < -0.39 is 26.1 Å². The highest BCUT2D eigenvalue weighted by Gasteiger charge is 2.25. The Labute approximate surface area is 124 Å². The van der Waals surface area contributed by atoms with E-state index in [1.165, 1.54) is 29.8 Å². The van der Waals surface area contributed by atoms with E-state index in [4.69, 9.17) is 5.11 Å². The second kappa shape index (κ2) is 5.69. The third-order valence-corrected chi connectivity index (χ3v) is 4.35. The molecule has 2 aromatic rings. The molecule has 0 bridgehead atoms. The summed E-state index contributed by atoms with van der Waals surface area (Å²) < 4.78 is 27.6. The Kier molecular flexibility index (Phi) is 4.10. The first-order valence-corrected chi connectivity index (χ1v) is 7.53. The van der Waals surface area contributed by atoms with Gasteiger partial charge in [0.2, 0.25) is 5.16 Å². The molecule has 0 unspecified atom stereocenters. The van der Waals surface area contributed by atoms with E-state index in [0.717, 1.165) is 0 Å². The molecule has 118 valence electrons. The molecule has 22 heavy (non-hydrogen) atoms. The average Bonchev–Trinajstić information content (AvgIpc) is 2.76. The molecule has 0 amide bonds. The molecule has 0 radical (unpaired) electrons. The van der Waals surface area contributed by atoms with Crippen molar-refractivity contribution in [1.29, 1.82) is 0 Å². The molecule has 0 aliphatic heterocycles. The molecule has 0 fully saturated rings. The average molecular weight is 328 g/mol. The number of nitro groups is 1. The summed E-state index contributed by atoms with van der Waals surface area (Å²) in [5.74, 6) is -1.15. The first kappa shape index (κ1) is 15.9. The fourth-order valence-corrected chi connectivity index (χ4v) is 3.09. The molecule has 0 spiro atoms. The first-order chi connectivity index (χ1) is 10.2. The molecule has 0 atom stereocenters. The van der Waals surface area contributed by atoms with E-state index in [1.807, 2.05) is 0 Å². The third kappa shape index (κ3) is 2.89. The predicted octanol–water partition coefficient (Wildman–Crippen LogP) is 0.235. The molecular formula is C11H12N4O6S. The van der Waals surface area contributed by atoms with Gasteiger partial charge in [-0.25, -0.2) is 18.1 Å². The molecule has 2 rings (SSSR count). The number of imidazole rings is 1. The zero-order valence-electron chi connectivity index (χ0n) is 11.4. The number of carboxylic acid groups (broad SMARTS) is 1.